The minimum Gasteiger partial charge on any atom is -0.467 e. The summed E-state index contributed by atoms with van der Waals surface area (Å²) in [6.45, 7) is 1.57. The Kier molecular flexibility index (Phi) is 3.55. The highest BCUT2D eigenvalue weighted by molar-refractivity contribution is 5.74. The second-order valence-corrected chi connectivity index (χ2v) is 5.30. The molecule has 0 bridgehead atoms. The number of ether oxygens (including phenoxy) is 2. The summed E-state index contributed by atoms with van der Waals surface area (Å²) in [7, 11) is 1.46. The molecule has 0 aliphatic carbocycles. The number of imidazole rings is 1. The minimum absolute atomic E-state index is 0.146. The van der Waals surface area contributed by atoms with Crippen LogP contribution >= 0.6 is 0 Å². The van der Waals surface area contributed by atoms with Gasteiger partial charge in [-0.3, -0.25) is 0 Å². The first-order valence-electron chi connectivity index (χ1n) is 7.03. The highest BCUT2D eigenvalue weighted by Gasteiger charge is 2.32. The van der Waals surface area contributed by atoms with Crippen LogP contribution in [0, 0.1) is 0 Å². The highest BCUT2D eigenvalue weighted by Crippen LogP contribution is 2.33. The Hall–Kier alpha value is -1.36. The third-order valence-corrected chi connectivity index (χ3v) is 4.18. The van der Waals surface area contributed by atoms with Gasteiger partial charge in [0.25, 0.3) is 0 Å². The Labute approximate surface area is 112 Å². The van der Waals surface area contributed by atoms with E-state index in [4.69, 9.17) is 9.47 Å². The van der Waals surface area contributed by atoms with Crippen molar-refractivity contribution >= 4 is 5.97 Å². The van der Waals surface area contributed by atoms with Gasteiger partial charge < -0.3 is 14.0 Å². The Bertz CT molecular complexity index is 463. The lowest BCUT2D eigenvalue weighted by atomic mass is 9.97. The standard InChI is InChI=1S/C14H20N2O3/c1-18-14(17)12-4-2-3-11-9-15-13(16(11)12)10-5-7-19-8-6-10/h9-10,12H,2-8H2,1H3. The molecule has 104 valence electrons. The average Bonchev–Trinajstić information content (AvgIpc) is 2.91. The number of fused-ring (bicyclic) bond motifs is 1. The fourth-order valence-corrected chi connectivity index (χ4v) is 3.18. The lowest BCUT2D eigenvalue weighted by Crippen LogP contribution is -2.29. The molecule has 1 saturated heterocycles. The molecule has 0 spiro atoms. The van der Waals surface area contributed by atoms with Crippen molar-refractivity contribution in [3.8, 4) is 0 Å². The maximum Gasteiger partial charge on any atom is 0.328 e. The number of methoxy groups -OCH3 is 1. The second kappa shape index (κ2) is 5.33. The smallest absolute Gasteiger partial charge is 0.328 e. The van der Waals surface area contributed by atoms with Gasteiger partial charge in [0.1, 0.15) is 11.9 Å². The molecule has 0 N–H and O–H groups in total. The van der Waals surface area contributed by atoms with Crippen molar-refractivity contribution in [3.05, 3.63) is 17.7 Å². The van der Waals surface area contributed by atoms with Gasteiger partial charge in [-0.15, -0.1) is 0 Å². The van der Waals surface area contributed by atoms with E-state index in [0.717, 1.165) is 51.1 Å². The van der Waals surface area contributed by atoms with Crippen LogP contribution in [0.2, 0.25) is 0 Å². The summed E-state index contributed by atoms with van der Waals surface area (Å²) in [6, 6.07) is -0.186. The SMILES string of the molecule is COC(=O)C1CCCc2cnc(C3CCOCC3)n21. The molecule has 5 heteroatoms. The van der Waals surface area contributed by atoms with Gasteiger partial charge in [0.05, 0.1) is 7.11 Å². The molecule has 2 aliphatic heterocycles. The number of aryl methyl sites for hydroxylation is 1. The third-order valence-electron chi connectivity index (χ3n) is 4.18. The molecule has 0 amide bonds. The van der Waals surface area contributed by atoms with E-state index >= 15 is 0 Å². The molecule has 1 unspecified atom stereocenters. The van der Waals surface area contributed by atoms with Crippen molar-refractivity contribution < 1.29 is 14.3 Å². The first-order valence-corrected chi connectivity index (χ1v) is 7.03. The number of hydrogen-bond acceptors (Lipinski definition) is 4. The van der Waals surface area contributed by atoms with E-state index in [0.29, 0.717) is 5.92 Å². The molecular formula is C14H20N2O3. The molecule has 1 fully saturated rings. The van der Waals surface area contributed by atoms with Crippen LogP contribution in [0.5, 0.6) is 0 Å². The van der Waals surface area contributed by atoms with Crippen LogP contribution in [0.25, 0.3) is 0 Å². The number of carbonyl (C=O) groups excluding carboxylic acids is 1. The molecule has 0 radical (unpaired) electrons. The summed E-state index contributed by atoms with van der Waals surface area (Å²) in [5, 5.41) is 0. The molecule has 0 saturated carbocycles. The van der Waals surface area contributed by atoms with E-state index in [9.17, 15) is 4.79 Å². The molecule has 2 aliphatic rings. The quantitative estimate of drug-likeness (QED) is 0.765. The van der Waals surface area contributed by atoms with Gasteiger partial charge in [-0.2, -0.15) is 0 Å². The topological polar surface area (TPSA) is 53.4 Å². The summed E-state index contributed by atoms with van der Waals surface area (Å²) in [5.74, 6) is 1.31. The molecular weight excluding hydrogens is 244 g/mol. The predicted octanol–water partition coefficient (Wildman–Crippen LogP) is 1.83. The molecule has 19 heavy (non-hydrogen) atoms. The van der Waals surface area contributed by atoms with E-state index < -0.39 is 0 Å². The minimum atomic E-state index is -0.186. The maximum absolute atomic E-state index is 12.0. The number of esters is 1. The van der Waals surface area contributed by atoms with Gasteiger partial charge in [-0.05, 0) is 32.1 Å². The molecule has 1 aromatic heterocycles. The molecule has 0 aromatic carbocycles. The van der Waals surface area contributed by atoms with Crippen LogP contribution in [0.1, 0.15) is 49.2 Å². The van der Waals surface area contributed by atoms with Gasteiger partial charge in [0.2, 0.25) is 0 Å². The molecule has 5 nitrogen and oxygen atoms in total. The number of nitrogens with zero attached hydrogens (tertiary/aromatic N) is 2. The Morgan fingerprint density at radius 3 is 2.95 bits per heavy atom. The molecule has 1 atom stereocenters. The van der Waals surface area contributed by atoms with Crippen LogP contribution in [0.15, 0.2) is 6.20 Å². The van der Waals surface area contributed by atoms with Crippen molar-refractivity contribution in [2.24, 2.45) is 0 Å². The van der Waals surface area contributed by atoms with Crippen molar-refractivity contribution in [1.82, 2.24) is 9.55 Å². The lowest BCUT2D eigenvalue weighted by molar-refractivity contribution is -0.145. The van der Waals surface area contributed by atoms with E-state index in [-0.39, 0.29) is 12.0 Å². The van der Waals surface area contributed by atoms with Crippen molar-refractivity contribution in [2.45, 2.75) is 44.1 Å². The van der Waals surface area contributed by atoms with E-state index in [1.54, 1.807) is 0 Å². The number of carbonyl (C=O) groups is 1. The van der Waals surface area contributed by atoms with E-state index in [1.165, 1.54) is 12.8 Å². The van der Waals surface area contributed by atoms with Gasteiger partial charge >= 0.3 is 5.97 Å². The molecule has 3 rings (SSSR count). The first kappa shape index (κ1) is 12.7. The Balaban J connectivity index is 1.94. The van der Waals surface area contributed by atoms with E-state index in [1.807, 2.05) is 6.20 Å². The predicted molar refractivity (Wildman–Crippen MR) is 69.0 cm³/mol. The Morgan fingerprint density at radius 2 is 2.21 bits per heavy atom. The normalized spacial score (nSPS) is 23.9. The summed E-state index contributed by atoms with van der Waals surface area (Å²) in [5.41, 5.74) is 1.17. The van der Waals surface area contributed by atoms with Crippen LogP contribution < -0.4 is 0 Å². The van der Waals surface area contributed by atoms with Crippen LogP contribution in [-0.4, -0.2) is 35.8 Å². The van der Waals surface area contributed by atoms with Gasteiger partial charge in [-0.1, -0.05) is 0 Å². The summed E-state index contributed by atoms with van der Waals surface area (Å²) < 4.78 is 12.5. The lowest BCUT2D eigenvalue weighted by Gasteiger charge is -2.29. The molecule has 3 heterocycles. The van der Waals surface area contributed by atoms with E-state index in [2.05, 4.69) is 9.55 Å². The molecule has 1 aromatic rings. The summed E-state index contributed by atoms with van der Waals surface area (Å²) >= 11 is 0. The fraction of sp³-hybridized carbons (Fsp3) is 0.714. The van der Waals surface area contributed by atoms with Crippen molar-refractivity contribution in [1.29, 1.82) is 0 Å². The summed E-state index contributed by atoms with van der Waals surface area (Å²) in [6.07, 6.45) is 6.79. The largest absolute Gasteiger partial charge is 0.467 e. The summed E-state index contributed by atoms with van der Waals surface area (Å²) in [4.78, 5) is 16.6. The fourth-order valence-electron chi connectivity index (χ4n) is 3.18. The van der Waals surface area contributed by atoms with Gasteiger partial charge in [0, 0.05) is 31.0 Å². The third kappa shape index (κ3) is 2.27. The van der Waals surface area contributed by atoms with Crippen LogP contribution in [0.3, 0.4) is 0 Å². The van der Waals surface area contributed by atoms with Gasteiger partial charge in [-0.25, -0.2) is 9.78 Å². The zero-order chi connectivity index (χ0) is 13.2. The zero-order valence-electron chi connectivity index (χ0n) is 11.3. The zero-order valence-corrected chi connectivity index (χ0v) is 11.3. The monoisotopic (exact) mass is 264 g/mol. The van der Waals surface area contributed by atoms with Crippen LogP contribution in [0.4, 0.5) is 0 Å². The average molecular weight is 264 g/mol. The number of hydrogen-bond donors (Lipinski definition) is 0. The van der Waals surface area contributed by atoms with Crippen LogP contribution in [-0.2, 0) is 20.7 Å². The Morgan fingerprint density at radius 1 is 1.42 bits per heavy atom. The van der Waals surface area contributed by atoms with Gasteiger partial charge in [0.15, 0.2) is 0 Å². The highest BCUT2D eigenvalue weighted by atomic mass is 16.5. The van der Waals surface area contributed by atoms with Crippen molar-refractivity contribution in [2.75, 3.05) is 20.3 Å². The number of rotatable bonds is 2. The van der Waals surface area contributed by atoms with Crippen molar-refractivity contribution in [3.63, 3.8) is 0 Å². The number of aromatic nitrogens is 2. The maximum atomic E-state index is 12.0. The second-order valence-electron chi connectivity index (χ2n) is 5.30. The first-order chi connectivity index (χ1) is 9.31.